The average Bonchev–Trinajstić information content (AvgIpc) is 3.12. The molecule has 2 heterocycles. The number of nitriles is 1. The SMILES string of the molecule is Cl.N#Cc1cnc(CNC(=O)[C@@H]2C[C@@H](F)CN2)cc1-c1ccc(C(F)(F)F)cc1. The normalized spacial score (nSPS) is 18.6. The third-order valence-electron chi connectivity index (χ3n) is 4.44. The first kappa shape index (κ1) is 22.6. The number of nitrogens with zero attached hydrogens (tertiary/aromatic N) is 2. The maximum atomic E-state index is 13.2. The van der Waals surface area contributed by atoms with Crippen LogP contribution in [0.15, 0.2) is 36.5 Å². The maximum Gasteiger partial charge on any atom is 0.416 e. The van der Waals surface area contributed by atoms with Gasteiger partial charge in [0.05, 0.1) is 29.4 Å². The molecular formula is C19H17ClF4N4O. The van der Waals surface area contributed by atoms with Gasteiger partial charge in [0, 0.05) is 24.7 Å². The number of alkyl halides is 4. The lowest BCUT2D eigenvalue weighted by molar-refractivity contribution is -0.137. The van der Waals surface area contributed by atoms with Gasteiger partial charge in [0.1, 0.15) is 12.2 Å². The maximum absolute atomic E-state index is 13.2. The first-order chi connectivity index (χ1) is 13.3. The van der Waals surface area contributed by atoms with Crippen LogP contribution in [0.4, 0.5) is 17.6 Å². The molecule has 0 aliphatic carbocycles. The fraction of sp³-hybridized carbons (Fsp3) is 0.316. The minimum absolute atomic E-state index is 0. The minimum atomic E-state index is -4.45. The van der Waals surface area contributed by atoms with Gasteiger partial charge in [0.25, 0.3) is 0 Å². The zero-order valence-corrected chi connectivity index (χ0v) is 15.8. The van der Waals surface area contributed by atoms with Crippen molar-refractivity contribution in [3.05, 3.63) is 53.3 Å². The molecule has 5 nitrogen and oxygen atoms in total. The molecule has 0 radical (unpaired) electrons. The van der Waals surface area contributed by atoms with E-state index < -0.39 is 24.0 Å². The zero-order chi connectivity index (χ0) is 20.3. The van der Waals surface area contributed by atoms with Crippen LogP contribution in [0.25, 0.3) is 11.1 Å². The number of aromatic nitrogens is 1. The van der Waals surface area contributed by atoms with Gasteiger partial charge in [0.2, 0.25) is 5.91 Å². The van der Waals surface area contributed by atoms with Crippen molar-refractivity contribution in [1.29, 1.82) is 5.26 Å². The molecule has 2 atom stereocenters. The average molecular weight is 429 g/mol. The van der Waals surface area contributed by atoms with Crippen molar-refractivity contribution in [2.45, 2.75) is 31.4 Å². The quantitative estimate of drug-likeness (QED) is 0.732. The smallest absolute Gasteiger partial charge is 0.349 e. The molecule has 3 rings (SSSR count). The molecule has 0 saturated carbocycles. The van der Waals surface area contributed by atoms with E-state index >= 15 is 0 Å². The molecule has 1 saturated heterocycles. The number of benzene rings is 1. The molecule has 1 amide bonds. The van der Waals surface area contributed by atoms with Crippen molar-refractivity contribution in [3.63, 3.8) is 0 Å². The summed E-state index contributed by atoms with van der Waals surface area (Å²) >= 11 is 0. The molecule has 1 aliphatic heterocycles. The van der Waals surface area contributed by atoms with E-state index in [0.717, 1.165) is 12.1 Å². The number of nitrogens with one attached hydrogen (secondary N) is 2. The van der Waals surface area contributed by atoms with Crippen LogP contribution >= 0.6 is 12.4 Å². The predicted octanol–water partition coefficient (Wildman–Crippen LogP) is 3.38. The summed E-state index contributed by atoms with van der Waals surface area (Å²) < 4.78 is 51.4. The van der Waals surface area contributed by atoms with Crippen LogP contribution in [0, 0.1) is 11.3 Å². The van der Waals surface area contributed by atoms with Gasteiger partial charge in [-0.2, -0.15) is 18.4 Å². The first-order valence-corrected chi connectivity index (χ1v) is 8.49. The molecule has 154 valence electrons. The van der Waals surface area contributed by atoms with Crippen molar-refractivity contribution in [3.8, 4) is 17.2 Å². The third kappa shape index (κ3) is 5.43. The number of rotatable bonds is 4. The van der Waals surface area contributed by atoms with Crippen molar-refractivity contribution >= 4 is 18.3 Å². The molecule has 1 fully saturated rings. The zero-order valence-electron chi connectivity index (χ0n) is 15.0. The number of pyridine rings is 1. The van der Waals surface area contributed by atoms with Gasteiger partial charge in [-0.05, 0) is 23.8 Å². The van der Waals surface area contributed by atoms with Gasteiger partial charge in [-0.3, -0.25) is 9.78 Å². The fourth-order valence-corrected chi connectivity index (χ4v) is 2.96. The highest BCUT2D eigenvalue weighted by Gasteiger charge is 2.30. The summed E-state index contributed by atoms with van der Waals surface area (Å²) in [4.78, 5) is 16.1. The molecule has 1 aromatic carbocycles. The number of carbonyl (C=O) groups excluding carboxylic acids is 1. The molecule has 2 aromatic rings. The molecule has 0 unspecified atom stereocenters. The molecule has 0 spiro atoms. The molecule has 2 N–H and O–H groups in total. The van der Waals surface area contributed by atoms with Crippen LogP contribution in [-0.4, -0.2) is 29.6 Å². The lowest BCUT2D eigenvalue weighted by atomic mass is 10.00. The van der Waals surface area contributed by atoms with Crippen LogP contribution < -0.4 is 10.6 Å². The Morgan fingerprint density at radius 1 is 1.31 bits per heavy atom. The van der Waals surface area contributed by atoms with Gasteiger partial charge in [0.15, 0.2) is 0 Å². The van der Waals surface area contributed by atoms with Crippen molar-refractivity contribution in [2.75, 3.05) is 6.54 Å². The number of halogens is 5. The van der Waals surface area contributed by atoms with Gasteiger partial charge >= 0.3 is 6.18 Å². The van der Waals surface area contributed by atoms with Crippen molar-refractivity contribution < 1.29 is 22.4 Å². The van der Waals surface area contributed by atoms with Crippen molar-refractivity contribution in [1.82, 2.24) is 15.6 Å². The van der Waals surface area contributed by atoms with Gasteiger partial charge in [-0.1, -0.05) is 12.1 Å². The van der Waals surface area contributed by atoms with Gasteiger partial charge < -0.3 is 10.6 Å². The third-order valence-corrected chi connectivity index (χ3v) is 4.44. The predicted molar refractivity (Wildman–Crippen MR) is 99.8 cm³/mol. The molecule has 29 heavy (non-hydrogen) atoms. The second-order valence-corrected chi connectivity index (χ2v) is 6.42. The molecule has 1 aliphatic rings. The highest BCUT2D eigenvalue weighted by atomic mass is 35.5. The standard InChI is InChI=1S/C19H16F4N4O.ClH/c20-14-5-17(26-9-14)18(28)27-10-15-6-16(12(7-24)8-25-15)11-1-3-13(4-2-11)19(21,22)23;/h1-4,6,8,14,17,26H,5,9-10H2,(H,27,28);1H/t14-,17+;/m1./s1. The molecular weight excluding hydrogens is 412 g/mol. The number of hydrogen-bond acceptors (Lipinski definition) is 4. The van der Waals surface area contributed by atoms with Crippen LogP contribution in [0.2, 0.25) is 0 Å². The Morgan fingerprint density at radius 3 is 2.55 bits per heavy atom. The Labute approximate surface area is 170 Å². The molecule has 0 bridgehead atoms. The summed E-state index contributed by atoms with van der Waals surface area (Å²) in [6.07, 6.45) is -4.10. The summed E-state index contributed by atoms with van der Waals surface area (Å²) in [5.74, 6) is -0.359. The Morgan fingerprint density at radius 2 is 2.00 bits per heavy atom. The summed E-state index contributed by atoms with van der Waals surface area (Å²) in [7, 11) is 0. The Hall–Kier alpha value is -2.70. The van der Waals surface area contributed by atoms with E-state index in [2.05, 4.69) is 15.6 Å². The Bertz CT molecular complexity index is 912. The van der Waals surface area contributed by atoms with E-state index in [9.17, 15) is 27.6 Å². The largest absolute Gasteiger partial charge is 0.416 e. The van der Waals surface area contributed by atoms with E-state index in [4.69, 9.17) is 0 Å². The highest BCUT2D eigenvalue weighted by molar-refractivity contribution is 5.85. The van der Waals surface area contributed by atoms with E-state index in [-0.39, 0.29) is 43.4 Å². The number of hydrogen-bond donors (Lipinski definition) is 2. The summed E-state index contributed by atoms with van der Waals surface area (Å²) in [6.45, 7) is 0.179. The lowest BCUT2D eigenvalue weighted by Crippen LogP contribution is -2.40. The first-order valence-electron chi connectivity index (χ1n) is 8.49. The van der Waals surface area contributed by atoms with Gasteiger partial charge in [-0.15, -0.1) is 12.4 Å². The second kappa shape index (κ2) is 9.20. The van der Waals surface area contributed by atoms with E-state index in [1.807, 2.05) is 6.07 Å². The topological polar surface area (TPSA) is 77.8 Å². The highest BCUT2D eigenvalue weighted by Crippen LogP contribution is 2.31. The van der Waals surface area contributed by atoms with Crippen LogP contribution in [0.3, 0.4) is 0 Å². The Kier molecular flexibility index (Phi) is 7.16. The molecule has 1 aromatic heterocycles. The summed E-state index contributed by atoms with van der Waals surface area (Å²) in [5.41, 5.74) is 0.687. The number of carbonyl (C=O) groups is 1. The van der Waals surface area contributed by atoms with Crippen molar-refractivity contribution in [2.24, 2.45) is 0 Å². The van der Waals surface area contributed by atoms with E-state index in [1.165, 1.54) is 18.3 Å². The Balaban J connectivity index is 0.00000300. The number of amides is 1. The lowest BCUT2D eigenvalue weighted by Gasteiger charge is -2.12. The van der Waals surface area contributed by atoms with Crippen LogP contribution in [-0.2, 0) is 17.5 Å². The van der Waals surface area contributed by atoms with Gasteiger partial charge in [-0.25, -0.2) is 4.39 Å². The minimum Gasteiger partial charge on any atom is -0.349 e. The monoisotopic (exact) mass is 428 g/mol. The van der Waals surface area contributed by atoms with Crippen LogP contribution in [0.5, 0.6) is 0 Å². The summed E-state index contributed by atoms with van der Waals surface area (Å²) in [6, 6.07) is 7.34. The summed E-state index contributed by atoms with van der Waals surface area (Å²) in [5, 5.41) is 14.7. The molecule has 10 heteroatoms. The van der Waals surface area contributed by atoms with E-state index in [0.29, 0.717) is 16.8 Å². The second-order valence-electron chi connectivity index (χ2n) is 6.42. The van der Waals surface area contributed by atoms with E-state index in [1.54, 1.807) is 6.07 Å². The van der Waals surface area contributed by atoms with Crippen LogP contribution in [0.1, 0.15) is 23.2 Å². The fourth-order valence-electron chi connectivity index (χ4n) is 2.96.